The number of hydrogen-bond acceptors (Lipinski definition) is 6. The Balaban J connectivity index is 0.00000342. The molecule has 1 aliphatic rings. The van der Waals surface area contributed by atoms with Crippen LogP contribution < -0.4 is 35.0 Å². The number of aromatic hydroxyl groups is 1. The first kappa shape index (κ1) is 26.6. The summed E-state index contributed by atoms with van der Waals surface area (Å²) in [4.78, 5) is 39.4. The number of para-hydroxylation sites is 1. The van der Waals surface area contributed by atoms with Gasteiger partial charge >= 0.3 is 18.9 Å². The molecule has 9 heteroatoms. The van der Waals surface area contributed by atoms with Crippen LogP contribution in [0.4, 0.5) is 17.1 Å². The third-order valence-electron chi connectivity index (χ3n) is 6.63. The van der Waals surface area contributed by atoms with Gasteiger partial charge in [-0.3, -0.25) is 14.4 Å². The van der Waals surface area contributed by atoms with Gasteiger partial charge in [0.1, 0.15) is 11.5 Å². The Bertz CT molecular complexity index is 1250. The number of benzene rings is 1. The number of nitrogens with zero attached hydrogens (tertiary/aromatic N) is 2. The van der Waals surface area contributed by atoms with E-state index < -0.39 is 10.9 Å². The molecular formula is C26H30LiN3O5. The Kier molecular flexibility index (Phi) is 8.52. The van der Waals surface area contributed by atoms with Crippen molar-refractivity contribution in [1.82, 2.24) is 4.90 Å². The van der Waals surface area contributed by atoms with Crippen molar-refractivity contribution in [1.29, 1.82) is 0 Å². The van der Waals surface area contributed by atoms with E-state index in [9.17, 15) is 19.5 Å². The van der Waals surface area contributed by atoms with E-state index in [-0.39, 0.29) is 65.2 Å². The van der Waals surface area contributed by atoms with Gasteiger partial charge < -0.3 is 25.1 Å². The summed E-state index contributed by atoms with van der Waals surface area (Å²) < 4.78 is 5.54. The van der Waals surface area contributed by atoms with Gasteiger partial charge in [-0.1, -0.05) is 49.7 Å². The third-order valence-corrected chi connectivity index (χ3v) is 6.63. The maximum atomic E-state index is 13.1. The van der Waals surface area contributed by atoms with Crippen LogP contribution in [-0.4, -0.2) is 29.0 Å². The van der Waals surface area contributed by atoms with Crippen LogP contribution in [0.1, 0.15) is 73.2 Å². The van der Waals surface area contributed by atoms with Crippen molar-refractivity contribution in [2.45, 2.75) is 64.5 Å². The zero-order chi connectivity index (χ0) is 24.4. The van der Waals surface area contributed by atoms with E-state index in [4.69, 9.17) is 4.42 Å². The Hall–Kier alpha value is -2.95. The molecule has 1 fully saturated rings. The smallest absolute Gasteiger partial charge is 0.650 e. The molecule has 0 spiro atoms. The normalized spacial score (nSPS) is 14.8. The number of anilines is 1. The number of nitrogens with one attached hydrogen (secondary N) is 1. The fraction of sp³-hybridized carbons (Fsp3) is 0.423. The molecule has 1 aromatic heterocycles. The summed E-state index contributed by atoms with van der Waals surface area (Å²) in [6, 6.07) is 6.37. The number of carbonyl (C=O) groups is 1. The van der Waals surface area contributed by atoms with Crippen molar-refractivity contribution in [3.05, 3.63) is 73.2 Å². The van der Waals surface area contributed by atoms with Gasteiger partial charge in [0.25, 0.3) is 5.91 Å². The molecule has 1 saturated carbocycles. The van der Waals surface area contributed by atoms with Crippen LogP contribution in [0, 0.1) is 6.92 Å². The van der Waals surface area contributed by atoms with E-state index in [1.165, 1.54) is 12.5 Å². The quantitative estimate of drug-likeness (QED) is 0.385. The number of rotatable bonds is 8. The maximum absolute atomic E-state index is 13.1. The molecular weight excluding hydrogens is 441 g/mol. The topological polar surface area (TPSA) is 114 Å². The molecule has 3 aromatic rings. The predicted molar refractivity (Wildman–Crippen MR) is 131 cm³/mol. The van der Waals surface area contributed by atoms with Crippen molar-refractivity contribution in [3.63, 3.8) is 0 Å². The fourth-order valence-corrected chi connectivity index (χ4v) is 4.54. The molecule has 0 aliphatic heterocycles. The molecule has 1 aliphatic carbocycles. The van der Waals surface area contributed by atoms with E-state index >= 15 is 0 Å². The first-order chi connectivity index (χ1) is 16.3. The monoisotopic (exact) mass is 471 g/mol. The van der Waals surface area contributed by atoms with Gasteiger partial charge in [-0.05, 0) is 43.9 Å². The molecule has 0 unspecified atom stereocenters. The third kappa shape index (κ3) is 5.34. The number of carbonyl (C=O) groups excluding carboxylic acids is 1. The van der Waals surface area contributed by atoms with Crippen molar-refractivity contribution < 1.29 is 33.2 Å². The largest absolute Gasteiger partial charge is 1.00 e. The van der Waals surface area contributed by atoms with Crippen LogP contribution in [0.3, 0.4) is 0 Å². The Morgan fingerprint density at radius 1 is 1.23 bits per heavy atom. The Morgan fingerprint density at radius 3 is 2.57 bits per heavy atom. The SMILES string of the molecule is CC[C@@H](Nc1c([N-]c2cccc(C(=O)N(C)C3CCCCC3)c2O)c(=O)c1=O)c1cc(C)co1.[Li+]. The van der Waals surface area contributed by atoms with Crippen LogP contribution in [0.15, 0.2) is 44.5 Å². The van der Waals surface area contributed by atoms with Crippen LogP contribution in [0.2, 0.25) is 0 Å². The summed E-state index contributed by atoms with van der Waals surface area (Å²) in [5, 5.41) is 18.2. The number of aryl methyl sites for hydroxylation is 1. The first-order valence-corrected chi connectivity index (χ1v) is 11.8. The number of amides is 1. The number of phenolic OH excluding ortho intramolecular Hbond substituents is 1. The van der Waals surface area contributed by atoms with Gasteiger partial charge in [-0.2, -0.15) is 0 Å². The van der Waals surface area contributed by atoms with Crippen LogP contribution >= 0.6 is 0 Å². The molecule has 4 rings (SSSR count). The van der Waals surface area contributed by atoms with Gasteiger partial charge in [0, 0.05) is 13.1 Å². The summed E-state index contributed by atoms with van der Waals surface area (Å²) in [5.41, 5.74) is -0.226. The zero-order valence-corrected chi connectivity index (χ0v) is 20.8. The minimum absolute atomic E-state index is 0. The second kappa shape index (κ2) is 11.2. The molecule has 2 aromatic carbocycles. The summed E-state index contributed by atoms with van der Waals surface area (Å²) in [6.45, 7) is 3.84. The minimum Gasteiger partial charge on any atom is -0.650 e. The van der Waals surface area contributed by atoms with Crippen molar-refractivity contribution >= 4 is 23.0 Å². The van der Waals surface area contributed by atoms with Crippen LogP contribution in [-0.2, 0) is 0 Å². The number of hydrogen-bond donors (Lipinski definition) is 2. The molecule has 180 valence electrons. The summed E-state index contributed by atoms with van der Waals surface area (Å²) in [7, 11) is 1.75. The van der Waals surface area contributed by atoms with Gasteiger partial charge in [-0.25, -0.2) is 0 Å². The second-order valence-corrected chi connectivity index (χ2v) is 9.01. The molecule has 1 amide bonds. The number of furan rings is 1. The van der Waals surface area contributed by atoms with Crippen molar-refractivity contribution in [3.8, 4) is 5.75 Å². The first-order valence-electron chi connectivity index (χ1n) is 11.8. The van der Waals surface area contributed by atoms with E-state index in [0.29, 0.717) is 12.2 Å². The molecule has 8 nitrogen and oxygen atoms in total. The molecule has 0 radical (unpaired) electrons. The van der Waals surface area contributed by atoms with E-state index in [2.05, 4.69) is 10.6 Å². The average molecular weight is 471 g/mol. The van der Waals surface area contributed by atoms with Crippen molar-refractivity contribution in [2.75, 3.05) is 12.4 Å². The standard InChI is InChI=1S/C26H31N3O5.Li/c1-4-18(20-13-15(2)14-34-20)27-21-22(25(32)24(21)31)28-19-12-8-11-17(23(19)30)26(33)29(3)16-9-6-5-7-10-16;/h8,11-14,16,18H,4-7,9-10H2,1-3H3,(H3,27,28,30,31,32,33);/q;+1/p-1/t18-;/m1./s1. The second-order valence-electron chi connectivity index (χ2n) is 9.01. The van der Waals surface area contributed by atoms with Gasteiger partial charge in [0.15, 0.2) is 0 Å². The van der Waals surface area contributed by atoms with E-state index in [1.54, 1.807) is 30.3 Å². The van der Waals surface area contributed by atoms with Crippen LogP contribution in [0.5, 0.6) is 5.75 Å². The van der Waals surface area contributed by atoms with Gasteiger partial charge in [0.05, 0.1) is 23.6 Å². The maximum Gasteiger partial charge on any atom is 1.00 e. The molecule has 0 saturated heterocycles. The van der Waals surface area contributed by atoms with Crippen LogP contribution in [0.25, 0.3) is 5.32 Å². The number of phenols is 1. The minimum atomic E-state index is -0.733. The van der Waals surface area contributed by atoms with Crippen molar-refractivity contribution in [2.24, 2.45) is 0 Å². The Labute approximate surface area is 216 Å². The van der Waals surface area contributed by atoms with Gasteiger partial charge in [-0.15, -0.1) is 0 Å². The predicted octanol–water partition coefficient (Wildman–Crippen LogP) is 2.20. The molecule has 0 bridgehead atoms. The summed E-state index contributed by atoms with van der Waals surface area (Å²) in [5.74, 6) is 0.0621. The zero-order valence-electron chi connectivity index (χ0n) is 20.8. The van der Waals surface area contributed by atoms with Gasteiger partial charge in [0.2, 0.25) is 10.9 Å². The molecule has 1 heterocycles. The summed E-state index contributed by atoms with van der Waals surface area (Å²) >= 11 is 0. The molecule has 2 N–H and O–H groups in total. The summed E-state index contributed by atoms with van der Waals surface area (Å²) in [6.07, 6.45) is 7.47. The molecule has 35 heavy (non-hydrogen) atoms. The fourth-order valence-electron chi connectivity index (χ4n) is 4.54. The van der Waals surface area contributed by atoms with E-state index in [0.717, 1.165) is 31.2 Å². The van der Waals surface area contributed by atoms with E-state index in [1.807, 2.05) is 19.9 Å². The Morgan fingerprint density at radius 2 is 1.94 bits per heavy atom. The average Bonchev–Trinajstić information content (AvgIpc) is 3.29. The molecule has 1 atom stereocenters.